The molecular weight excluding hydrogens is 360 g/mol. The molecule has 2 aromatic carbocycles. The third-order valence-corrected chi connectivity index (χ3v) is 4.73. The van der Waals surface area contributed by atoms with Crippen LogP contribution in [0.3, 0.4) is 0 Å². The van der Waals surface area contributed by atoms with Crippen LogP contribution in [-0.2, 0) is 4.79 Å². The van der Waals surface area contributed by atoms with Gasteiger partial charge in [-0.15, -0.1) is 0 Å². The highest BCUT2D eigenvalue weighted by Gasteiger charge is 2.33. The van der Waals surface area contributed by atoms with Gasteiger partial charge in [0.25, 0.3) is 0 Å². The Balaban J connectivity index is 1.99. The third kappa shape index (κ3) is 3.60. The summed E-state index contributed by atoms with van der Waals surface area (Å²) in [6.07, 6.45) is 0.574. The van der Waals surface area contributed by atoms with Crippen LogP contribution in [0.4, 0.5) is 0 Å². The number of rotatable bonds is 6. The van der Waals surface area contributed by atoms with Crippen molar-refractivity contribution in [2.75, 3.05) is 28.4 Å². The lowest BCUT2D eigenvalue weighted by Gasteiger charge is -2.22. The molecule has 7 heteroatoms. The molecule has 3 rings (SSSR count). The molecule has 1 heterocycles. The van der Waals surface area contributed by atoms with Gasteiger partial charge in [0.2, 0.25) is 11.7 Å². The number of benzene rings is 2. The Labute approximate surface area is 164 Å². The summed E-state index contributed by atoms with van der Waals surface area (Å²) in [5.41, 5.74) is 2.63. The zero-order chi connectivity index (χ0) is 20.3. The number of amides is 1. The summed E-state index contributed by atoms with van der Waals surface area (Å²) in [6, 6.07) is 11.1. The fourth-order valence-electron chi connectivity index (χ4n) is 3.31. The summed E-state index contributed by atoms with van der Waals surface area (Å²) >= 11 is 0. The van der Waals surface area contributed by atoms with Crippen molar-refractivity contribution in [1.82, 2.24) is 5.01 Å². The van der Waals surface area contributed by atoms with Crippen LogP contribution in [0.1, 0.15) is 30.5 Å². The first-order valence-corrected chi connectivity index (χ1v) is 8.84. The number of hydrogen-bond donors (Lipinski definition) is 0. The summed E-state index contributed by atoms with van der Waals surface area (Å²) < 4.78 is 21.5. The lowest BCUT2D eigenvalue weighted by molar-refractivity contribution is -0.130. The minimum Gasteiger partial charge on any atom is -0.497 e. The minimum absolute atomic E-state index is 0.137. The molecule has 0 saturated carbocycles. The van der Waals surface area contributed by atoms with Crippen LogP contribution in [0.15, 0.2) is 41.5 Å². The van der Waals surface area contributed by atoms with Crippen molar-refractivity contribution in [3.63, 3.8) is 0 Å². The number of carbonyl (C=O) groups is 1. The van der Waals surface area contributed by atoms with Crippen LogP contribution < -0.4 is 18.9 Å². The van der Waals surface area contributed by atoms with Gasteiger partial charge in [-0.05, 0) is 47.5 Å². The van der Waals surface area contributed by atoms with Crippen LogP contribution in [0.25, 0.3) is 0 Å². The maximum absolute atomic E-state index is 12.3. The summed E-state index contributed by atoms with van der Waals surface area (Å²) in [6.45, 7) is 1.51. The minimum atomic E-state index is -0.261. The molecule has 1 atom stereocenters. The first kappa shape index (κ1) is 19.5. The van der Waals surface area contributed by atoms with Gasteiger partial charge in [0.1, 0.15) is 5.75 Å². The molecule has 1 aliphatic heterocycles. The second-order valence-corrected chi connectivity index (χ2v) is 6.32. The summed E-state index contributed by atoms with van der Waals surface area (Å²) in [7, 11) is 6.32. The molecule has 28 heavy (non-hydrogen) atoms. The maximum atomic E-state index is 12.3. The monoisotopic (exact) mass is 384 g/mol. The molecular formula is C21H24N2O5. The average Bonchev–Trinajstić information content (AvgIpc) is 3.18. The smallest absolute Gasteiger partial charge is 0.240 e. The first-order valence-electron chi connectivity index (χ1n) is 8.84. The second kappa shape index (κ2) is 8.21. The predicted octanol–water partition coefficient (Wildman–Crippen LogP) is 3.42. The molecule has 0 fully saturated rings. The van der Waals surface area contributed by atoms with E-state index in [-0.39, 0.29) is 11.9 Å². The molecule has 0 unspecified atom stereocenters. The van der Waals surface area contributed by atoms with Gasteiger partial charge in [-0.2, -0.15) is 5.10 Å². The lowest BCUT2D eigenvalue weighted by Crippen LogP contribution is -2.24. The summed E-state index contributed by atoms with van der Waals surface area (Å²) in [4.78, 5) is 12.3. The third-order valence-electron chi connectivity index (χ3n) is 4.73. The maximum Gasteiger partial charge on any atom is 0.240 e. The van der Waals surface area contributed by atoms with E-state index in [2.05, 4.69) is 5.10 Å². The van der Waals surface area contributed by atoms with E-state index in [4.69, 9.17) is 18.9 Å². The standard InChI is InChI=1S/C21H24N2O5/c1-13(24)23-18(12-17(22-23)14-6-8-16(25-2)9-7-14)15-10-19(26-3)21(28-5)20(11-15)27-4/h6-11,18H,12H2,1-5H3/t18-/m0/s1. The largest absolute Gasteiger partial charge is 0.497 e. The van der Waals surface area contributed by atoms with E-state index in [1.807, 2.05) is 36.4 Å². The van der Waals surface area contributed by atoms with E-state index in [1.165, 1.54) is 11.9 Å². The van der Waals surface area contributed by atoms with Gasteiger partial charge in [-0.3, -0.25) is 4.79 Å². The van der Waals surface area contributed by atoms with E-state index in [0.29, 0.717) is 23.7 Å². The zero-order valence-corrected chi connectivity index (χ0v) is 16.7. The molecule has 148 valence electrons. The van der Waals surface area contributed by atoms with Crippen molar-refractivity contribution in [3.8, 4) is 23.0 Å². The molecule has 2 aromatic rings. The average molecular weight is 384 g/mol. The molecule has 0 saturated heterocycles. The summed E-state index contributed by atoms with van der Waals surface area (Å²) in [5, 5.41) is 6.07. The van der Waals surface area contributed by atoms with Crippen LogP contribution >= 0.6 is 0 Å². The fourth-order valence-corrected chi connectivity index (χ4v) is 3.31. The van der Waals surface area contributed by atoms with Crippen LogP contribution in [0.5, 0.6) is 23.0 Å². The SMILES string of the molecule is COc1ccc(C2=NN(C(C)=O)[C@H](c3cc(OC)c(OC)c(OC)c3)C2)cc1. The highest BCUT2D eigenvalue weighted by atomic mass is 16.5. The normalized spacial score (nSPS) is 15.8. The molecule has 1 amide bonds. The van der Waals surface area contributed by atoms with E-state index in [1.54, 1.807) is 28.4 Å². The topological polar surface area (TPSA) is 69.6 Å². The second-order valence-electron chi connectivity index (χ2n) is 6.32. The number of carbonyl (C=O) groups excluding carboxylic acids is 1. The quantitative estimate of drug-likeness (QED) is 0.763. The van der Waals surface area contributed by atoms with E-state index in [9.17, 15) is 4.79 Å². The van der Waals surface area contributed by atoms with Crippen molar-refractivity contribution in [1.29, 1.82) is 0 Å². The Kier molecular flexibility index (Phi) is 5.73. The molecule has 0 aliphatic carbocycles. The molecule has 0 N–H and O–H groups in total. The Hall–Kier alpha value is -3.22. The van der Waals surface area contributed by atoms with Crippen LogP contribution in [0.2, 0.25) is 0 Å². The van der Waals surface area contributed by atoms with Gasteiger partial charge in [-0.25, -0.2) is 5.01 Å². The van der Waals surface area contributed by atoms with Crippen molar-refractivity contribution >= 4 is 11.6 Å². The number of hydrogen-bond acceptors (Lipinski definition) is 6. The van der Waals surface area contributed by atoms with E-state index in [0.717, 1.165) is 22.6 Å². The van der Waals surface area contributed by atoms with Crippen molar-refractivity contribution in [2.24, 2.45) is 5.10 Å². The van der Waals surface area contributed by atoms with E-state index < -0.39 is 0 Å². The van der Waals surface area contributed by atoms with Crippen molar-refractivity contribution in [2.45, 2.75) is 19.4 Å². The number of methoxy groups -OCH3 is 4. The molecule has 1 aliphatic rings. The van der Waals surface area contributed by atoms with Gasteiger partial charge < -0.3 is 18.9 Å². The zero-order valence-electron chi connectivity index (χ0n) is 16.7. The van der Waals surface area contributed by atoms with Gasteiger partial charge in [0, 0.05) is 13.3 Å². The van der Waals surface area contributed by atoms with Crippen LogP contribution in [-0.4, -0.2) is 45.1 Å². The Bertz CT molecular complexity index is 867. The lowest BCUT2D eigenvalue weighted by atomic mass is 9.97. The van der Waals surface area contributed by atoms with Crippen molar-refractivity contribution in [3.05, 3.63) is 47.5 Å². The molecule has 0 spiro atoms. The van der Waals surface area contributed by atoms with Crippen LogP contribution in [0, 0.1) is 0 Å². The Morgan fingerprint density at radius 2 is 1.57 bits per heavy atom. The molecule has 0 radical (unpaired) electrons. The van der Waals surface area contributed by atoms with Gasteiger partial charge in [0.05, 0.1) is 40.2 Å². The fraction of sp³-hybridized carbons (Fsp3) is 0.333. The number of nitrogens with zero attached hydrogens (tertiary/aromatic N) is 2. The molecule has 0 bridgehead atoms. The number of ether oxygens (including phenoxy) is 4. The molecule has 7 nitrogen and oxygen atoms in total. The predicted molar refractivity (Wildman–Crippen MR) is 106 cm³/mol. The Morgan fingerprint density at radius 3 is 2.04 bits per heavy atom. The highest BCUT2D eigenvalue weighted by Crippen LogP contribution is 2.43. The van der Waals surface area contributed by atoms with E-state index >= 15 is 0 Å². The first-order chi connectivity index (χ1) is 13.5. The number of hydrazone groups is 1. The highest BCUT2D eigenvalue weighted by molar-refractivity contribution is 6.03. The van der Waals surface area contributed by atoms with Crippen molar-refractivity contribution < 1.29 is 23.7 Å². The van der Waals surface area contributed by atoms with Gasteiger partial charge in [0.15, 0.2) is 11.5 Å². The Morgan fingerprint density at radius 1 is 0.964 bits per heavy atom. The molecule has 0 aromatic heterocycles. The van der Waals surface area contributed by atoms with Gasteiger partial charge in [-0.1, -0.05) is 0 Å². The van der Waals surface area contributed by atoms with Gasteiger partial charge >= 0.3 is 0 Å². The summed E-state index contributed by atoms with van der Waals surface area (Å²) in [5.74, 6) is 2.23.